The zero-order valence-corrected chi connectivity index (χ0v) is 14.8. The number of fused-ring (bicyclic) bond motifs is 1. The molecule has 0 bridgehead atoms. The molecule has 1 atom stereocenters. The number of benzene rings is 1. The molecule has 0 aliphatic carbocycles. The van der Waals surface area contributed by atoms with E-state index >= 15 is 0 Å². The molecule has 1 unspecified atom stereocenters. The van der Waals surface area contributed by atoms with Gasteiger partial charge in [0.15, 0.2) is 0 Å². The Morgan fingerprint density at radius 3 is 2.80 bits per heavy atom. The van der Waals surface area contributed by atoms with Crippen LogP contribution in [0.2, 0.25) is 0 Å². The molecule has 2 heterocycles. The Morgan fingerprint density at radius 2 is 2.12 bits per heavy atom. The van der Waals surface area contributed by atoms with Gasteiger partial charge in [-0.05, 0) is 45.7 Å². The molecule has 1 fully saturated rings. The predicted molar refractivity (Wildman–Crippen MR) is 94.4 cm³/mol. The molecule has 1 aromatic carbocycles. The van der Waals surface area contributed by atoms with Crippen LogP contribution in [0.4, 0.5) is 4.79 Å². The number of aromatic amines is 1. The van der Waals surface area contributed by atoms with E-state index in [1.165, 1.54) is 0 Å². The summed E-state index contributed by atoms with van der Waals surface area (Å²) in [6.45, 7) is 6.80. The lowest BCUT2D eigenvalue weighted by molar-refractivity contribution is 0.0196. The molecule has 25 heavy (non-hydrogen) atoms. The highest BCUT2D eigenvalue weighted by molar-refractivity contribution is 6.04. The highest BCUT2D eigenvalue weighted by Gasteiger charge is 2.30. The largest absolute Gasteiger partial charge is 0.444 e. The molecule has 2 aromatic rings. The fourth-order valence-electron chi connectivity index (χ4n) is 3.14. The summed E-state index contributed by atoms with van der Waals surface area (Å²) < 4.78 is 5.47. The van der Waals surface area contributed by atoms with Crippen LogP contribution < -0.4 is 5.73 Å². The minimum absolute atomic E-state index is 0.0781. The van der Waals surface area contributed by atoms with E-state index in [1.54, 1.807) is 17.0 Å². The number of imidazole rings is 1. The van der Waals surface area contributed by atoms with Crippen molar-refractivity contribution in [2.24, 2.45) is 5.73 Å². The number of hydrogen-bond donors (Lipinski definition) is 2. The SMILES string of the molecule is CC(C)(C)OC(=O)N1CCCC(c2nc3c(C(N)=O)cccc3[nH]2)C1. The van der Waals surface area contributed by atoms with E-state index in [0.29, 0.717) is 24.2 Å². The van der Waals surface area contributed by atoms with Crippen LogP contribution in [0.15, 0.2) is 18.2 Å². The molecule has 1 aromatic heterocycles. The third-order valence-corrected chi connectivity index (χ3v) is 4.26. The van der Waals surface area contributed by atoms with E-state index in [9.17, 15) is 9.59 Å². The molecular weight excluding hydrogens is 320 g/mol. The molecule has 7 nitrogen and oxygen atoms in total. The van der Waals surface area contributed by atoms with Crippen LogP contribution in [-0.4, -0.2) is 45.6 Å². The second kappa shape index (κ2) is 6.38. The fourth-order valence-corrected chi connectivity index (χ4v) is 3.14. The summed E-state index contributed by atoms with van der Waals surface area (Å²) in [5.74, 6) is 0.356. The second-order valence-corrected chi connectivity index (χ2v) is 7.45. The van der Waals surface area contributed by atoms with Gasteiger partial charge in [-0.25, -0.2) is 9.78 Å². The number of aromatic nitrogens is 2. The van der Waals surface area contributed by atoms with Gasteiger partial charge in [-0.15, -0.1) is 0 Å². The highest BCUT2D eigenvalue weighted by Crippen LogP contribution is 2.28. The minimum atomic E-state index is -0.514. The molecule has 1 aliphatic heterocycles. The smallest absolute Gasteiger partial charge is 0.410 e. The predicted octanol–water partition coefficient (Wildman–Crippen LogP) is 2.78. The average molecular weight is 344 g/mol. The summed E-state index contributed by atoms with van der Waals surface area (Å²) in [7, 11) is 0. The van der Waals surface area contributed by atoms with Crippen molar-refractivity contribution in [3.8, 4) is 0 Å². The van der Waals surface area contributed by atoms with Crippen molar-refractivity contribution in [1.29, 1.82) is 0 Å². The molecule has 3 N–H and O–H groups in total. The van der Waals surface area contributed by atoms with Crippen LogP contribution in [0.5, 0.6) is 0 Å². The number of amides is 2. The zero-order valence-electron chi connectivity index (χ0n) is 14.8. The summed E-state index contributed by atoms with van der Waals surface area (Å²) in [5.41, 5.74) is 6.68. The van der Waals surface area contributed by atoms with E-state index in [2.05, 4.69) is 9.97 Å². The number of H-pyrrole nitrogens is 1. The number of carbonyl (C=O) groups excluding carboxylic acids is 2. The quantitative estimate of drug-likeness (QED) is 0.874. The molecule has 2 amide bonds. The number of rotatable bonds is 2. The first-order valence-corrected chi connectivity index (χ1v) is 8.51. The van der Waals surface area contributed by atoms with Gasteiger partial charge >= 0.3 is 6.09 Å². The van der Waals surface area contributed by atoms with E-state index in [0.717, 1.165) is 24.2 Å². The van der Waals surface area contributed by atoms with Crippen molar-refractivity contribution in [2.75, 3.05) is 13.1 Å². The van der Waals surface area contributed by atoms with Crippen molar-refractivity contribution in [1.82, 2.24) is 14.9 Å². The topological polar surface area (TPSA) is 101 Å². The number of para-hydroxylation sites is 1. The van der Waals surface area contributed by atoms with Crippen molar-refractivity contribution in [3.05, 3.63) is 29.6 Å². The van der Waals surface area contributed by atoms with Crippen molar-refractivity contribution in [3.63, 3.8) is 0 Å². The molecule has 7 heteroatoms. The van der Waals surface area contributed by atoms with Crippen LogP contribution in [0, 0.1) is 0 Å². The van der Waals surface area contributed by atoms with Gasteiger partial charge in [0.25, 0.3) is 5.91 Å². The molecule has 0 radical (unpaired) electrons. The number of primary amides is 1. The van der Waals surface area contributed by atoms with Gasteiger partial charge < -0.3 is 20.4 Å². The van der Waals surface area contributed by atoms with Gasteiger partial charge in [0.1, 0.15) is 16.9 Å². The van der Waals surface area contributed by atoms with Gasteiger partial charge in [0.2, 0.25) is 0 Å². The second-order valence-electron chi connectivity index (χ2n) is 7.45. The van der Waals surface area contributed by atoms with Crippen molar-refractivity contribution < 1.29 is 14.3 Å². The summed E-state index contributed by atoms with van der Waals surface area (Å²) in [4.78, 5) is 33.5. The first-order valence-electron chi connectivity index (χ1n) is 8.51. The van der Waals surface area contributed by atoms with E-state index in [-0.39, 0.29) is 12.0 Å². The number of nitrogens with zero attached hydrogens (tertiary/aromatic N) is 2. The molecule has 0 saturated carbocycles. The number of carbonyl (C=O) groups is 2. The number of hydrogen-bond acceptors (Lipinski definition) is 4. The summed E-state index contributed by atoms with van der Waals surface area (Å²) >= 11 is 0. The number of nitrogens with two attached hydrogens (primary N) is 1. The summed E-state index contributed by atoms with van der Waals surface area (Å²) in [6.07, 6.45) is 1.50. The Morgan fingerprint density at radius 1 is 1.36 bits per heavy atom. The van der Waals surface area contributed by atoms with E-state index in [1.807, 2.05) is 26.8 Å². The number of ether oxygens (including phenoxy) is 1. The van der Waals surface area contributed by atoms with Gasteiger partial charge in [-0.2, -0.15) is 0 Å². The third-order valence-electron chi connectivity index (χ3n) is 4.26. The molecule has 1 saturated heterocycles. The first-order chi connectivity index (χ1) is 11.7. The highest BCUT2D eigenvalue weighted by atomic mass is 16.6. The molecule has 3 rings (SSSR count). The third kappa shape index (κ3) is 3.75. The van der Waals surface area contributed by atoms with Crippen LogP contribution in [0.1, 0.15) is 55.7 Å². The van der Waals surface area contributed by atoms with Crippen molar-refractivity contribution in [2.45, 2.75) is 45.1 Å². The maximum absolute atomic E-state index is 12.3. The maximum atomic E-state index is 12.3. The van der Waals surface area contributed by atoms with Crippen LogP contribution in [0.25, 0.3) is 11.0 Å². The van der Waals surface area contributed by atoms with E-state index < -0.39 is 11.5 Å². The maximum Gasteiger partial charge on any atom is 0.410 e. The van der Waals surface area contributed by atoms with Gasteiger partial charge in [-0.1, -0.05) is 6.07 Å². The fraction of sp³-hybridized carbons (Fsp3) is 0.500. The van der Waals surface area contributed by atoms with Gasteiger partial charge in [-0.3, -0.25) is 4.79 Å². The Balaban J connectivity index is 1.82. The van der Waals surface area contributed by atoms with Gasteiger partial charge in [0.05, 0.1) is 11.1 Å². The zero-order chi connectivity index (χ0) is 18.2. The summed E-state index contributed by atoms with van der Waals surface area (Å²) in [5, 5.41) is 0. The van der Waals surface area contributed by atoms with Gasteiger partial charge in [0, 0.05) is 19.0 Å². The summed E-state index contributed by atoms with van der Waals surface area (Å²) in [6, 6.07) is 5.31. The lowest BCUT2D eigenvalue weighted by atomic mass is 9.98. The normalized spacial score (nSPS) is 18.4. The Hall–Kier alpha value is -2.57. The Labute approximate surface area is 146 Å². The number of piperidine rings is 1. The van der Waals surface area contributed by atoms with Crippen LogP contribution >= 0.6 is 0 Å². The number of nitrogens with one attached hydrogen (secondary N) is 1. The van der Waals surface area contributed by atoms with Crippen LogP contribution in [0.3, 0.4) is 0 Å². The Bertz CT molecular complexity index is 806. The molecule has 1 aliphatic rings. The van der Waals surface area contributed by atoms with E-state index in [4.69, 9.17) is 10.5 Å². The molecular formula is C18H24N4O3. The lowest BCUT2D eigenvalue weighted by Crippen LogP contribution is -2.42. The minimum Gasteiger partial charge on any atom is -0.444 e. The number of likely N-dealkylation sites (tertiary alicyclic amines) is 1. The standard InChI is InChI=1S/C18H24N4O3/c1-18(2,3)25-17(24)22-9-5-6-11(10-22)16-20-13-8-4-7-12(15(19)23)14(13)21-16/h4,7-8,11H,5-6,9-10H2,1-3H3,(H2,19,23)(H,20,21). The lowest BCUT2D eigenvalue weighted by Gasteiger charge is -2.33. The van der Waals surface area contributed by atoms with Crippen molar-refractivity contribution >= 4 is 23.0 Å². The molecule has 0 spiro atoms. The monoisotopic (exact) mass is 344 g/mol. The Kier molecular flexibility index (Phi) is 4.41. The first kappa shape index (κ1) is 17.3. The molecule has 134 valence electrons. The van der Waals surface area contributed by atoms with Crippen LogP contribution in [-0.2, 0) is 4.74 Å². The average Bonchev–Trinajstić information content (AvgIpc) is 2.97.